The molecule has 0 bridgehead atoms. The molecule has 0 aliphatic heterocycles. The first-order valence-corrected chi connectivity index (χ1v) is 7.38. The zero-order chi connectivity index (χ0) is 15.9. The van der Waals surface area contributed by atoms with Crippen LogP contribution in [0.3, 0.4) is 0 Å². The zero-order valence-corrected chi connectivity index (χ0v) is 12.4. The van der Waals surface area contributed by atoms with Crippen LogP contribution in [0.15, 0.2) is 29.2 Å². The van der Waals surface area contributed by atoms with Gasteiger partial charge < -0.3 is 20.7 Å². The van der Waals surface area contributed by atoms with Crippen molar-refractivity contribution >= 4 is 22.5 Å². The van der Waals surface area contributed by atoms with Gasteiger partial charge in [0.1, 0.15) is 5.56 Å². The molecule has 116 valence electrons. The molecular weight excluding hydrogens is 282 g/mol. The van der Waals surface area contributed by atoms with Gasteiger partial charge in [-0.2, -0.15) is 0 Å². The topological polar surface area (TPSA) is 97.3 Å². The summed E-state index contributed by atoms with van der Waals surface area (Å²) in [5.41, 5.74) is 6.79. The van der Waals surface area contributed by atoms with Crippen molar-refractivity contribution in [1.29, 1.82) is 0 Å². The van der Waals surface area contributed by atoms with Gasteiger partial charge in [0.2, 0.25) is 5.43 Å². The molecule has 2 aromatic rings. The number of benzene rings is 1. The summed E-state index contributed by atoms with van der Waals surface area (Å²) in [4.78, 5) is 24.9. The van der Waals surface area contributed by atoms with E-state index in [-0.39, 0.29) is 17.5 Å². The fourth-order valence-corrected chi connectivity index (χ4v) is 2.57. The molecule has 1 unspecified atom stereocenters. The number of pyridine rings is 1. The fourth-order valence-electron chi connectivity index (χ4n) is 2.57. The third kappa shape index (κ3) is 2.57. The summed E-state index contributed by atoms with van der Waals surface area (Å²) in [6.45, 7) is 1.67. The molecule has 1 amide bonds. The molecule has 0 radical (unpaired) electrons. The van der Waals surface area contributed by atoms with Crippen molar-refractivity contribution in [3.63, 3.8) is 0 Å². The number of nitrogens with two attached hydrogens (primary N) is 1. The van der Waals surface area contributed by atoms with Gasteiger partial charge in [-0.3, -0.25) is 9.59 Å². The first kappa shape index (κ1) is 14.6. The minimum Gasteiger partial charge on any atom is -0.398 e. The van der Waals surface area contributed by atoms with E-state index in [0.29, 0.717) is 17.1 Å². The first-order valence-electron chi connectivity index (χ1n) is 7.38. The second-order valence-corrected chi connectivity index (χ2v) is 5.81. The Morgan fingerprint density at radius 3 is 2.86 bits per heavy atom. The highest BCUT2D eigenvalue weighted by molar-refractivity contribution is 6.00. The van der Waals surface area contributed by atoms with Gasteiger partial charge in [-0.25, -0.2) is 0 Å². The van der Waals surface area contributed by atoms with Gasteiger partial charge >= 0.3 is 0 Å². The highest BCUT2D eigenvalue weighted by Gasteiger charge is 2.27. The van der Waals surface area contributed by atoms with Crippen LogP contribution in [0.5, 0.6) is 0 Å². The Kier molecular flexibility index (Phi) is 3.62. The Morgan fingerprint density at radius 1 is 1.50 bits per heavy atom. The second-order valence-electron chi connectivity index (χ2n) is 5.81. The second kappa shape index (κ2) is 5.46. The fraction of sp³-hybridized carbons (Fsp3) is 0.375. The number of fused-ring (bicyclic) bond motifs is 1. The standard InChI is InChI=1S/C16H19N3O3/c1-9(20)7-18-16(22)11-8-19(10-5-6-10)13-4-2-3-12(17)14(13)15(11)21/h2-4,8-10,20H,5-7,17H2,1H3,(H,18,22). The third-order valence-corrected chi connectivity index (χ3v) is 3.84. The van der Waals surface area contributed by atoms with Crippen LogP contribution in [0.4, 0.5) is 5.69 Å². The van der Waals surface area contributed by atoms with Crippen molar-refractivity contribution < 1.29 is 9.90 Å². The van der Waals surface area contributed by atoms with Crippen molar-refractivity contribution in [2.75, 3.05) is 12.3 Å². The van der Waals surface area contributed by atoms with Crippen LogP contribution < -0.4 is 16.5 Å². The number of nitrogens with one attached hydrogen (secondary N) is 1. The van der Waals surface area contributed by atoms with Gasteiger partial charge in [0.15, 0.2) is 0 Å². The number of nitrogen functional groups attached to an aromatic ring is 1. The Labute approximate surface area is 127 Å². The van der Waals surface area contributed by atoms with Gasteiger partial charge in [0.25, 0.3) is 5.91 Å². The van der Waals surface area contributed by atoms with Gasteiger partial charge in [-0.05, 0) is 31.9 Å². The number of rotatable bonds is 4. The summed E-state index contributed by atoms with van der Waals surface area (Å²) in [5.74, 6) is -0.481. The predicted octanol–water partition coefficient (Wildman–Crippen LogP) is 1.03. The summed E-state index contributed by atoms with van der Waals surface area (Å²) in [5, 5.41) is 12.2. The van der Waals surface area contributed by atoms with Crippen LogP contribution >= 0.6 is 0 Å². The lowest BCUT2D eigenvalue weighted by atomic mass is 10.1. The zero-order valence-electron chi connectivity index (χ0n) is 12.4. The SMILES string of the molecule is CC(O)CNC(=O)c1cn(C2CC2)c2cccc(N)c2c1=O. The van der Waals surface area contributed by atoms with Crippen molar-refractivity contribution in [3.8, 4) is 0 Å². The van der Waals surface area contributed by atoms with Crippen LogP contribution in [-0.4, -0.2) is 28.2 Å². The molecule has 1 aliphatic rings. The Morgan fingerprint density at radius 2 is 2.23 bits per heavy atom. The number of anilines is 1. The highest BCUT2D eigenvalue weighted by Crippen LogP contribution is 2.37. The van der Waals surface area contributed by atoms with Crippen LogP contribution in [0, 0.1) is 0 Å². The molecule has 1 aromatic carbocycles. The monoisotopic (exact) mass is 301 g/mol. The van der Waals surface area contributed by atoms with Crippen LogP contribution in [0.2, 0.25) is 0 Å². The molecule has 1 heterocycles. The number of aliphatic hydroxyl groups is 1. The summed E-state index contributed by atoms with van der Waals surface area (Å²) in [7, 11) is 0. The number of carbonyl (C=O) groups excluding carboxylic acids is 1. The number of aliphatic hydroxyl groups excluding tert-OH is 1. The van der Waals surface area contributed by atoms with Crippen LogP contribution in [0.25, 0.3) is 10.9 Å². The molecular formula is C16H19N3O3. The molecule has 4 N–H and O–H groups in total. The third-order valence-electron chi connectivity index (χ3n) is 3.84. The summed E-state index contributed by atoms with van der Waals surface area (Å²) in [6, 6.07) is 5.64. The minimum absolute atomic E-state index is 0.0675. The summed E-state index contributed by atoms with van der Waals surface area (Å²) in [6.07, 6.45) is 3.00. The molecule has 1 fully saturated rings. The average Bonchev–Trinajstić information content (AvgIpc) is 3.29. The smallest absolute Gasteiger partial charge is 0.256 e. The van der Waals surface area contributed by atoms with Crippen LogP contribution in [-0.2, 0) is 0 Å². The quantitative estimate of drug-likeness (QED) is 0.735. The Hall–Kier alpha value is -2.34. The van der Waals surface area contributed by atoms with E-state index in [9.17, 15) is 14.7 Å². The summed E-state index contributed by atoms with van der Waals surface area (Å²) < 4.78 is 1.96. The molecule has 1 aromatic heterocycles. The van der Waals surface area contributed by atoms with E-state index in [1.54, 1.807) is 19.2 Å². The molecule has 1 aliphatic carbocycles. The predicted molar refractivity (Wildman–Crippen MR) is 84.9 cm³/mol. The minimum atomic E-state index is -0.667. The van der Waals surface area contributed by atoms with Crippen molar-refractivity contribution in [3.05, 3.63) is 40.2 Å². The van der Waals surface area contributed by atoms with E-state index in [1.807, 2.05) is 16.7 Å². The number of hydrogen-bond acceptors (Lipinski definition) is 4. The van der Waals surface area contributed by atoms with Crippen molar-refractivity contribution in [2.45, 2.75) is 31.9 Å². The van der Waals surface area contributed by atoms with E-state index in [1.165, 1.54) is 0 Å². The van der Waals surface area contributed by atoms with E-state index >= 15 is 0 Å². The molecule has 6 nitrogen and oxygen atoms in total. The van der Waals surface area contributed by atoms with Gasteiger partial charge in [0, 0.05) is 24.5 Å². The molecule has 1 atom stereocenters. The summed E-state index contributed by atoms with van der Waals surface area (Å²) >= 11 is 0. The molecule has 22 heavy (non-hydrogen) atoms. The van der Waals surface area contributed by atoms with Gasteiger partial charge in [-0.15, -0.1) is 0 Å². The normalized spacial score (nSPS) is 15.7. The largest absolute Gasteiger partial charge is 0.398 e. The van der Waals surface area contributed by atoms with E-state index in [4.69, 9.17) is 5.73 Å². The van der Waals surface area contributed by atoms with E-state index in [2.05, 4.69) is 5.32 Å². The van der Waals surface area contributed by atoms with E-state index < -0.39 is 12.0 Å². The average molecular weight is 301 g/mol. The number of hydrogen-bond donors (Lipinski definition) is 3. The highest BCUT2D eigenvalue weighted by atomic mass is 16.3. The van der Waals surface area contributed by atoms with Crippen molar-refractivity contribution in [1.82, 2.24) is 9.88 Å². The number of amides is 1. The van der Waals surface area contributed by atoms with Crippen LogP contribution in [0.1, 0.15) is 36.2 Å². The number of carbonyl (C=O) groups is 1. The molecule has 6 heteroatoms. The van der Waals surface area contributed by atoms with Gasteiger partial charge in [-0.1, -0.05) is 6.07 Å². The molecule has 0 saturated heterocycles. The maximum Gasteiger partial charge on any atom is 0.256 e. The lowest BCUT2D eigenvalue weighted by molar-refractivity contribution is 0.0922. The molecule has 1 saturated carbocycles. The molecule has 0 spiro atoms. The maximum absolute atomic E-state index is 12.6. The Bertz CT molecular complexity index is 791. The number of aromatic nitrogens is 1. The van der Waals surface area contributed by atoms with Crippen molar-refractivity contribution in [2.24, 2.45) is 0 Å². The van der Waals surface area contributed by atoms with Gasteiger partial charge in [0.05, 0.1) is 17.0 Å². The molecule has 3 rings (SSSR count). The first-order chi connectivity index (χ1) is 10.5. The van der Waals surface area contributed by atoms with E-state index in [0.717, 1.165) is 18.4 Å². The Balaban J connectivity index is 2.15. The lowest BCUT2D eigenvalue weighted by Crippen LogP contribution is -2.34. The number of nitrogens with zero attached hydrogens (tertiary/aromatic N) is 1. The lowest BCUT2D eigenvalue weighted by Gasteiger charge is -2.14. The maximum atomic E-state index is 12.6.